The molecule has 0 saturated carbocycles. The fraction of sp³-hybridized carbons (Fsp3) is 0.533. The lowest BCUT2D eigenvalue weighted by molar-refractivity contribution is -0.118. The van der Waals surface area contributed by atoms with Gasteiger partial charge in [0.15, 0.2) is 0 Å². The van der Waals surface area contributed by atoms with Crippen molar-refractivity contribution in [2.45, 2.75) is 37.8 Å². The quantitative estimate of drug-likeness (QED) is 0.792. The summed E-state index contributed by atoms with van der Waals surface area (Å²) in [6, 6.07) is 7.19. The first-order chi connectivity index (χ1) is 10.1. The number of hydrogen-bond donors (Lipinski definition) is 2. The van der Waals surface area contributed by atoms with Crippen molar-refractivity contribution in [2.75, 3.05) is 12.8 Å². The highest BCUT2D eigenvalue weighted by Gasteiger charge is 2.13. The molecule has 0 saturated heterocycles. The van der Waals surface area contributed by atoms with Gasteiger partial charge in [-0.05, 0) is 18.2 Å². The van der Waals surface area contributed by atoms with E-state index in [4.69, 9.17) is 0 Å². The number of benzene rings is 1. The zero-order chi connectivity index (χ0) is 16.8. The Hall–Kier alpha value is -1.05. The number of carbonyl (C=O) groups is 1. The third-order valence-electron chi connectivity index (χ3n) is 2.82. The summed E-state index contributed by atoms with van der Waals surface area (Å²) in [4.78, 5) is 11.7. The smallest absolute Gasteiger partial charge is 0.230 e. The molecule has 0 fully saturated rings. The van der Waals surface area contributed by atoms with Gasteiger partial charge in [-0.3, -0.25) is 4.79 Å². The first kappa shape index (κ1) is 19.0. The van der Waals surface area contributed by atoms with Crippen LogP contribution in [0.3, 0.4) is 0 Å². The van der Waals surface area contributed by atoms with E-state index < -0.39 is 10.0 Å². The molecular weight excluding hydrogens is 320 g/mol. The van der Waals surface area contributed by atoms with Gasteiger partial charge in [0, 0.05) is 11.3 Å². The van der Waals surface area contributed by atoms with E-state index in [0.717, 1.165) is 5.56 Å². The summed E-state index contributed by atoms with van der Waals surface area (Å²) >= 11 is 1.60. The van der Waals surface area contributed by atoms with Gasteiger partial charge < -0.3 is 5.32 Å². The Kier molecular flexibility index (Phi) is 6.90. The molecule has 22 heavy (non-hydrogen) atoms. The van der Waals surface area contributed by atoms with Crippen molar-refractivity contribution in [3.63, 3.8) is 0 Å². The Labute approximate surface area is 137 Å². The molecule has 0 unspecified atom stereocenters. The van der Waals surface area contributed by atoms with Crippen LogP contribution in [0.4, 0.5) is 0 Å². The van der Waals surface area contributed by atoms with Crippen LogP contribution in [0.5, 0.6) is 0 Å². The summed E-state index contributed by atoms with van der Waals surface area (Å²) in [7, 11) is -1.86. The van der Waals surface area contributed by atoms with E-state index >= 15 is 0 Å². The Balaban J connectivity index is 2.46. The molecule has 0 heterocycles. The van der Waals surface area contributed by atoms with Gasteiger partial charge in [0.05, 0.1) is 11.5 Å². The van der Waals surface area contributed by atoms with Crippen LogP contribution in [0.2, 0.25) is 0 Å². The SMILES string of the molecule is CNS(=O)(=O)Cc1ccc(CNC(=O)CSC(C)(C)C)cc1. The molecule has 2 N–H and O–H groups in total. The molecule has 0 atom stereocenters. The van der Waals surface area contributed by atoms with Crippen LogP contribution in [0, 0.1) is 0 Å². The van der Waals surface area contributed by atoms with E-state index in [9.17, 15) is 13.2 Å². The van der Waals surface area contributed by atoms with Crippen LogP contribution < -0.4 is 10.0 Å². The van der Waals surface area contributed by atoms with Crippen LogP contribution in [0.15, 0.2) is 24.3 Å². The standard InChI is InChI=1S/C15H24N2O3S2/c1-15(2,3)21-10-14(18)17-9-12-5-7-13(8-6-12)11-22(19,20)16-4/h5-8,16H,9-11H2,1-4H3,(H,17,18). The monoisotopic (exact) mass is 344 g/mol. The molecule has 1 aromatic rings. The van der Waals surface area contributed by atoms with Crippen molar-refractivity contribution in [3.05, 3.63) is 35.4 Å². The highest BCUT2D eigenvalue weighted by Crippen LogP contribution is 2.22. The third kappa shape index (κ3) is 7.82. The summed E-state index contributed by atoms with van der Waals surface area (Å²) in [6.07, 6.45) is 0. The second-order valence-corrected chi connectivity index (χ2v) is 9.69. The highest BCUT2D eigenvalue weighted by molar-refractivity contribution is 8.01. The van der Waals surface area contributed by atoms with Crippen LogP contribution in [0.25, 0.3) is 0 Å². The molecular formula is C15H24N2O3S2. The average Bonchev–Trinajstić information content (AvgIpc) is 2.43. The van der Waals surface area contributed by atoms with Gasteiger partial charge >= 0.3 is 0 Å². The maximum atomic E-state index is 11.7. The molecule has 0 radical (unpaired) electrons. The molecule has 5 nitrogen and oxygen atoms in total. The van der Waals surface area contributed by atoms with Gasteiger partial charge in [-0.2, -0.15) is 0 Å². The predicted octanol–water partition coefficient (Wildman–Crippen LogP) is 1.88. The first-order valence-electron chi connectivity index (χ1n) is 7.01. The zero-order valence-electron chi connectivity index (χ0n) is 13.5. The van der Waals surface area contributed by atoms with Gasteiger partial charge in [-0.25, -0.2) is 13.1 Å². The molecule has 0 aromatic heterocycles. The number of sulfonamides is 1. The molecule has 0 aliphatic rings. The minimum Gasteiger partial charge on any atom is -0.351 e. The lowest BCUT2D eigenvalue weighted by Gasteiger charge is -2.17. The molecule has 1 aromatic carbocycles. The van der Waals surface area contributed by atoms with Gasteiger partial charge in [0.25, 0.3) is 0 Å². The second-order valence-electron chi connectivity index (χ2n) is 5.96. The van der Waals surface area contributed by atoms with Gasteiger partial charge in [-0.1, -0.05) is 45.0 Å². The fourth-order valence-electron chi connectivity index (χ4n) is 1.58. The van der Waals surface area contributed by atoms with E-state index in [1.165, 1.54) is 7.05 Å². The van der Waals surface area contributed by atoms with Crippen LogP contribution in [-0.2, 0) is 27.1 Å². The largest absolute Gasteiger partial charge is 0.351 e. The van der Waals surface area contributed by atoms with Crippen LogP contribution in [-0.4, -0.2) is 31.9 Å². The van der Waals surface area contributed by atoms with E-state index in [1.807, 2.05) is 12.1 Å². The van der Waals surface area contributed by atoms with Crippen molar-refractivity contribution in [1.82, 2.24) is 10.0 Å². The fourth-order valence-corrected chi connectivity index (χ4v) is 3.02. The number of nitrogens with one attached hydrogen (secondary N) is 2. The minimum atomic E-state index is -3.25. The molecule has 0 spiro atoms. The third-order valence-corrected chi connectivity index (χ3v) is 5.42. The van der Waals surface area contributed by atoms with Crippen molar-refractivity contribution in [2.24, 2.45) is 0 Å². The van der Waals surface area contributed by atoms with Gasteiger partial charge in [-0.15, -0.1) is 11.8 Å². The minimum absolute atomic E-state index is 0.00163. The molecule has 1 amide bonds. The molecule has 0 bridgehead atoms. The van der Waals surface area contributed by atoms with Crippen molar-refractivity contribution >= 4 is 27.7 Å². The molecule has 0 aliphatic carbocycles. The lowest BCUT2D eigenvalue weighted by Crippen LogP contribution is -2.26. The highest BCUT2D eigenvalue weighted by atomic mass is 32.2. The number of carbonyl (C=O) groups excluding carboxylic acids is 1. The Bertz CT molecular complexity index is 590. The van der Waals surface area contributed by atoms with E-state index in [0.29, 0.717) is 17.9 Å². The van der Waals surface area contributed by atoms with Crippen molar-refractivity contribution in [1.29, 1.82) is 0 Å². The number of hydrogen-bond acceptors (Lipinski definition) is 4. The van der Waals surface area contributed by atoms with Crippen LogP contribution >= 0.6 is 11.8 Å². The molecule has 7 heteroatoms. The first-order valence-corrected chi connectivity index (χ1v) is 9.65. The second kappa shape index (κ2) is 7.99. The topological polar surface area (TPSA) is 75.3 Å². The normalized spacial score (nSPS) is 12.2. The van der Waals surface area contributed by atoms with E-state index in [-0.39, 0.29) is 16.4 Å². The zero-order valence-corrected chi connectivity index (χ0v) is 15.1. The number of rotatable bonds is 7. The Morgan fingerprint density at radius 2 is 1.68 bits per heavy atom. The Morgan fingerprint density at radius 3 is 2.18 bits per heavy atom. The summed E-state index contributed by atoms with van der Waals surface area (Å²) < 4.78 is 25.3. The molecule has 1 rings (SSSR count). The molecule has 0 aliphatic heterocycles. The summed E-state index contributed by atoms with van der Waals surface area (Å²) in [5, 5.41) is 2.86. The lowest BCUT2D eigenvalue weighted by atomic mass is 10.1. The summed E-state index contributed by atoms with van der Waals surface area (Å²) in [5.74, 6) is 0.391. The summed E-state index contributed by atoms with van der Waals surface area (Å²) in [5.41, 5.74) is 1.66. The number of amides is 1. The van der Waals surface area contributed by atoms with Gasteiger partial charge in [0.1, 0.15) is 0 Å². The van der Waals surface area contributed by atoms with Gasteiger partial charge in [0.2, 0.25) is 15.9 Å². The average molecular weight is 345 g/mol. The van der Waals surface area contributed by atoms with Crippen molar-refractivity contribution < 1.29 is 13.2 Å². The van der Waals surface area contributed by atoms with Crippen molar-refractivity contribution in [3.8, 4) is 0 Å². The van der Waals surface area contributed by atoms with Crippen LogP contribution in [0.1, 0.15) is 31.9 Å². The number of thioether (sulfide) groups is 1. The maximum absolute atomic E-state index is 11.7. The van der Waals surface area contributed by atoms with E-state index in [2.05, 4.69) is 30.8 Å². The maximum Gasteiger partial charge on any atom is 0.230 e. The Morgan fingerprint density at radius 1 is 1.14 bits per heavy atom. The van der Waals surface area contributed by atoms with E-state index in [1.54, 1.807) is 23.9 Å². The predicted molar refractivity (Wildman–Crippen MR) is 92.2 cm³/mol. The summed E-state index contributed by atoms with van der Waals surface area (Å²) in [6.45, 7) is 6.66. The molecule has 124 valence electrons.